The Balaban J connectivity index is 2.19. The highest BCUT2D eigenvalue weighted by molar-refractivity contribution is 5.93. The third-order valence-electron chi connectivity index (χ3n) is 3.14. The average molecular weight is 317 g/mol. The number of aromatic hydroxyl groups is 1. The van der Waals surface area contributed by atoms with Gasteiger partial charge in [-0.05, 0) is 33.8 Å². The lowest BCUT2D eigenvalue weighted by Gasteiger charge is -2.19. The van der Waals surface area contributed by atoms with Crippen molar-refractivity contribution in [1.82, 2.24) is 9.78 Å². The van der Waals surface area contributed by atoms with Crippen LogP contribution in [-0.4, -0.2) is 26.5 Å². The van der Waals surface area contributed by atoms with Crippen LogP contribution in [0.25, 0.3) is 0 Å². The zero-order valence-corrected chi connectivity index (χ0v) is 14.0. The second-order valence-electron chi connectivity index (χ2n) is 6.23. The molecule has 0 aliphatic heterocycles. The number of hydrogen-bond donors (Lipinski definition) is 2. The molecule has 6 nitrogen and oxygen atoms in total. The van der Waals surface area contributed by atoms with Crippen molar-refractivity contribution in [3.8, 4) is 5.75 Å². The number of benzene rings is 1. The van der Waals surface area contributed by atoms with Crippen molar-refractivity contribution in [1.29, 1.82) is 0 Å². The van der Waals surface area contributed by atoms with Gasteiger partial charge in [0.1, 0.15) is 11.4 Å². The number of phenolic OH excluding ortho intramolecular Hbond substituents is 1. The van der Waals surface area contributed by atoms with Crippen LogP contribution < -0.4 is 5.32 Å². The molecule has 2 aromatic rings. The number of aryl methyl sites for hydroxylation is 1. The predicted molar refractivity (Wildman–Crippen MR) is 88.5 cm³/mol. The van der Waals surface area contributed by atoms with Crippen LogP contribution in [0.1, 0.15) is 43.7 Å². The van der Waals surface area contributed by atoms with Crippen LogP contribution in [0.4, 0.5) is 5.69 Å². The zero-order valence-electron chi connectivity index (χ0n) is 14.0. The molecule has 2 N–H and O–H groups in total. The van der Waals surface area contributed by atoms with Crippen molar-refractivity contribution in [2.45, 2.75) is 46.4 Å². The molecule has 23 heavy (non-hydrogen) atoms. The van der Waals surface area contributed by atoms with Crippen LogP contribution in [0.3, 0.4) is 0 Å². The molecule has 0 amide bonds. The van der Waals surface area contributed by atoms with E-state index in [4.69, 9.17) is 4.74 Å². The largest absolute Gasteiger partial charge is 0.508 e. The number of hydrogen-bond acceptors (Lipinski definition) is 5. The maximum Gasteiger partial charge on any atom is 0.361 e. The Bertz CT molecular complexity index is 687. The van der Waals surface area contributed by atoms with E-state index in [1.165, 1.54) is 0 Å². The van der Waals surface area contributed by atoms with Crippen molar-refractivity contribution in [3.63, 3.8) is 0 Å². The third-order valence-corrected chi connectivity index (χ3v) is 3.14. The first-order valence-electron chi connectivity index (χ1n) is 7.61. The lowest BCUT2D eigenvalue weighted by Crippen LogP contribution is -2.24. The van der Waals surface area contributed by atoms with Gasteiger partial charge in [-0.15, -0.1) is 0 Å². The molecule has 0 atom stereocenters. The molecule has 0 bridgehead atoms. The second-order valence-corrected chi connectivity index (χ2v) is 6.23. The van der Waals surface area contributed by atoms with E-state index in [9.17, 15) is 9.90 Å². The van der Waals surface area contributed by atoms with Crippen molar-refractivity contribution in [2.75, 3.05) is 5.32 Å². The van der Waals surface area contributed by atoms with E-state index < -0.39 is 11.6 Å². The summed E-state index contributed by atoms with van der Waals surface area (Å²) in [6, 6.07) is 7.06. The summed E-state index contributed by atoms with van der Waals surface area (Å²) in [7, 11) is 0. The van der Waals surface area contributed by atoms with Crippen molar-refractivity contribution >= 4 is 11.7 Å². The molecule has 1 aromatic heterocycles. The topological polar surface area (TPSA) is 76.4 Å². The summed E-state index contributed by atoms with van der Waals surface area (Å²) in [5.41, 5.74) is 0.996. The maximum atomic E-state index is 12.3. The molecule has 124 valence electrons. The predicted octanol–water partition coefficient (Wildman–Crippen LogP) is 3.18. The minimum absolute atomic E-state index is 0.210. The van der Waals surface area contributed by atoms with E-state index in [2.05, 4.69) is 10.4 Å². The van der Waals surface area contributed by atoms with Gasteiger partial charge in [0, 0.05) is 24.8 Å². The first-order chi connectivity index (χ1) is 10.8. The maximum absolute atomic E-state index is 12.3. The number of phenols is 1. The molecule has 0 radical (unpaired) electrons. The average Bonchev–Trinajstić information content (AvgIpc) is 2.88. The van der Waals surface area contributed by atoms with Gasteiger partial charge in [0.05, 0.1) is 5.69 Å². The molecular weight excluding hydrogens is 294 g/mol. The number of esters is 1. The summed E-state index contributed by atoms with van der Waals surface area (Å²) in [5.74, 6) is -0.258. The lowest BCUT2D eigenvalue weighted by molar-refractivity contribution is 0.00630. The molecule has 0 unspecified atom stereocenters. The summed E-state index contributed by atoms with van der Waals surface area (Å²) in [5, 5.41) is 17.2. The summed E-state index contributed by atoms with van der Waals surface area (Å²) in [6.07, 6.45) is 1.76. The van der Waals surface area contributed by atoms with Crippen LogP contribution in [0.2, 0.25) is 0 Å². The molecule has 1 aromatic carbocycles. The van der Waals surface area contributed by atoms with Crippen LogP contribution in [-0.2, 0) is 17.8 Å². The number of nitrogens with zero attached hydrogens (tertiary/aromatic N) is 2. The van der Waals surface area contributed by atoms with Gasteiger partial charge in [0.15, 0.2) is 5.69 Å². The summed E-state index contributed by atoms with van der Waals surface area (Å²) in [6.45, 7) is 8.43. The van der Waals surface area contributed by atoms with Crippen molar-refractivity contribution in [2.24, 2.45) is 0 Å². The van der Waals surface area contributed by atoms with Crippen LogP contribution in [0.15, 0.2) is 30.5 Å². The van der Waals surface area contributed by atoms with Gasteiger partial charge < -0.3 is 15.2 Å². The van der Waals surface area contributed by atoms with E-state index in [0.717, 1.165) is 5.56 Å². The monoisotopic (exact) mass is 317 g/mol. The number of nitrogens with one attached hydrogen (secondary N) is 1. The number of aromatic nitrogens is 2. The number of anilines is 1. The SMILES string of the molecule is CCn1cc(NCc2ccccc2O)c(C(=O)OC(C)(C)C)n1. The number of carbonyl (C=O) groups is 1. The highest BCUT2D eigenvalue weighted by Gasteiger charge is 2.23. The molecule has 0 fully saturated rings. The fourth-order valence-electron chi connectivity index (χ4n) is 2.04. The van der Waals surface area contributed by atoms with Gasteiger partial charge in [0.25, 0.3) is 0 Å². The van der Waals surface area contributed by atoms with E-state index in [1.54, 1.807) is 23.0 Å². The molecule has 0 saturated heterocycles. The smallest absolute Gasteiger partial charge is 0.361 e. The summed E-state index contributed by atoms with van der Waals surface area (Å²) in [4.78, 5) is 12.3. The van der Waals surface area contributed by atoms with E-state index >= 15 is 0 Å². The normalized spacial score (nSPS) is 11.3. The van der Waals surface area contributed by atoms with Crippen LogP contribution in [0.5, 0.6) is 5.75 Å². The molecular formula is C17H23N3O3. The number of ether oxygens (including phenoxy) is 1. The molecule has 0 spiro atoms. The van der Waals surface area contributed by atoms with E-state index in [1.807, 2.05) is 39.8 Å². The number of rotatable bonds is 5. The molecule has 6 heteroatoms. The molecule has 0 saturated carbocycles. The first-order valence-corrected chi connectivity index (χ1v) is 7.61. The lowest BCUT2D eigenvalue weighted by atomic mass is 10.2. The van der Waals surface area contributed by atoms with Gasteiger partial charge in [0.2, 0.25) is 0 Å². The van der Waals surface area contributed by atoms with E-state index in [0.29, 0.717) is 18.8 Å². The Kier molecular flexibility index (Phi) is 4.93. The minimum atomic E-state index is -0.581. The fourth-order valence-corrected chi connectivity index (χ4v) is 2.04. The Morgan fingerprint density at radius 1 is 1.35 bits per heavy atom. The van der Waals surface area contributed by atoms with Gasteiger partial charge in [-0.2, -0.15) is 5.10 Å². The molecule has 0 aliphatic carbocycles. The Morgan fingerprint density at radius 3 is 2.65 bits per heavy atom. The molecule has 1 heterocycles. The molecule has 0 aliphatic rings. The Morgan fingerprint density at radius 2 is 2.04 bits per heavy atom. The number of para-hydroxylation sites is 1. The summed E-state index contributed by atoms with van der Waals surface area (Å²) >= 11 is 0. The van der Waals surface area contributed by atoms with Gasteiger partial charge in [-0.1, -0.05) is 18.2 Å². The van der Waals surface area contributed by atoms with Gasteiger partial charge >= 0.3 is 5.97 Å². The Hall–Kier alpha value is -2.50. The first kappa shape index (κ1) is 16.9. The second kappa shape index (κ2) is 6.73. The molecule has 2 rings (SSSR count). The highest BCUT2D eigenvalue weighted by Crippen LogP contribution is 2.21. The summed E-state index contributed by atoms with van der Waals surface area (Å²) < 4.78 is 7.07. The minimum Gasteiger partial charge on any atom is -0.508 e. The van der Waals surface area contributed by atoms with Crippen molar-refractivity contribution in [3.05, 3.63) is 41.7 Å². The highest BCUT2D eigenvalue weighted by atomic mass is 16.6. The van der Waals surface area contributed by atoms with Crippen LogP contribution in [0, 0.1) is 0 Å². The van der Waals surface area contributed by atoms with Gasteiger partial charge in [-0.25, -0.2) is 4.79 Å². The number of carbonyl (C=O) groups excluding carboxylic acids is 1. The standard InChI is InChI=1S/C17H23N3O3/c1-5-20-11-13(15(19-20)16(22)23-17(2,3)4)18-10-12-8-6-7-9-14(12)21/h6-9,11,18,21H,5,10H2,1-4H3. The van der Waals surface area contributed by atoms with Gasteiger partial charge in [-0.3, -0.25) is 4.68 Å². The third kappa shape index (κ3) is 4.48. The van der Waals surface area contributed by atoms with Crippen LogP contribution >= 0.6 is 0 Å². The van der Waals surface area contributed by atoms with Crippen molar-refractivity contribution < 1.29 is 14.6 Å². The Labute approximate surface area is 136 Å². The fraction of sp³-hybridized carbons (Fsp3) is 0.412. The quantitative estimate of drug-likeness (QED) is 0.828. The van der Waals surface area contributed by atoms with E-state index in [-0.39, 0.29) is 11.4 Å². The zero-order chi connectivity index (χ0) is 17.0.